The van der Waals surface area contributed by atoms with Gasteiger partial charge < -0.3 is 10.1 Å². The zero-order valence-electron chi connectivity index (χ0n) is 19.5. The lowest BCUT2D eigenvalue weighted by molar-refractivity contribution is -0.122. The van der Waals surface area contributed by atoms with Crippen LogP contribution < -0.4 is 20.3 Å². The van der Waals surface area contributed by atoms with E-state index in [1.807, 2.05) is 19.1 Å². The second-order valence-electron chi connectivity index (χ2n) is 8.08. The molecular weight excluding hydrogens is 576 g/mol. The molecule has 0 aromatic heterocycles. The number of anilines is 2. The largest absolute Gasteiger partial charge is 0.481 e. The molecule has 1 saturated heterocycles. The monoisotopic (exact) mass is 591 g/mol. The van der Waals surface area contributed by atoms with Crippen LogP contribution in [0.3, 0.4) is 0 Å². The minimum Gasteiger partial charge on any atom is -0.481 e. The molecular formula is C26H17Cl4N3O5. The topological polar surface area (TPSA) is 105 Å². The van der Waals surface area contributed by atoms with Crippen LogP contribution in [0.1, 0.15) is 11.1 Å². The van der Waals surface area contributed by atoms with Crippen molar-refractivity contribution < 1.29 is 23.9 Å². The Labute approximate surface area is 237 Å². The smallest absolute Gasteiger partial charge is 0.335 e. The number of aryl methyl sites for hydroxylation is 1. The highest BCUT2D eigenvalue weighted by atomic mass is 35.5. The molecule has 1 aliphatic rings. The van der Waals surface area contributed by atoms with E-state index in [0.717, 1.165) is 10.5 Å². The number of halogens is 4. The molecule has 194 valence electrons. The normalized spacial score (nSPS) is 14.5. The van der Waals surface area contributed by atoms with Crippen molar-refractivity contribution in [3.63, 3.8) is 0 Å². The van der Waals surface area contributed by atoms with Crippen LogP contribution in [0, 0.1) is 6.92 Å². The van der Waals surface area contributed by atoms with Crippen molar-refractivity contribution in [1.29, 1.82) is 0 Å². The van der Waals surface area contributed by atoms with E-state index in [9.17, 15) is 19.2 Å². The minimum absolute atomic E-state index is 0.0359. The van der Waals surface area contributed by atoms with E-state index >= 15 is 0 Å². The first-order valence-electron chi connectivity index (χ1n) is 10.9. The summed E-state index contributed by atoms with van der Waals surface area (Å²) in [6.07, 6.45) is 1.22. The number of imide groups is 2. The summed E-state index contributed by atoms with van der Waals surface area (Å²) in [7, 11) is 0. The van der Waals surface area contributed by atoms with E-state index in [0.29, 0.717) is 5.69 Å². The van der Waals surface area contributed by atoms with Crippen molar-refractivity contribution in [2.24, 2.45) is 0 Å². The van der Waals surface area contributed by atoms with Gasteiger partial charge in [0.05, 0.1) is 25.8 Å². The molecule has 8 nitrogen and oxygen atoms in total. The molecule has 5 amide bonds. The van der Waals surface area contributed by atoms with Crippen LogP contribution in [-0.2, 0) is 14.4 Å². The fourth-order valence-electron chi connectivity index (χ4n) is 3.54. The molecule has 38 heavy (non-hydrogen) atoms. The average molecular weight is 593 g/mol. The Morgan fingerprint density at radius 2 is 1.66 bits per heavy atom. The molecule has 0 aliphatic carbocycles. The van der Waals surface area contributed by atoms with Gasteiger partial charge in [0.25, 0.3) is 17.7 Å². The third-order valence-corrected chi connectivity index (χ3v) is 6.54. The summed E-state index contributed by atoms with van der Waals surface area (Å²) in [5.74, 6) is -2.18. The Bertz CT molecular complexity index is 1500. The molecule has 1 aliphatic heterocycles. The lowest BCUT2D eigenvalue weighted by atomic mass is 10.1. The predicted molar refractivity (Wildman–Crippen MR) is 147 cm³/mol. The zero-order valence-corrected chi connectivity index (χ0v) is 22.5. The van der Waals surface area contributed by atoms with E-state index in [-0.39, 0.29) is 49.3 Å². The summed E-state index contributed by atoms with van der Waals surface area (Å²) in [4.78, 5) is 51.0. The molecule has 1 fully saturated rings. The number of hydrogen-bond donors (Lipinski definition) is 2. The first-order valence-corrected chi connectivity index (χ1v) is 12.4. The second kappa shape index (κ2) is 11.4. The van der Waals surface area contributed by atoms with Crippen LogP contribution in [0.15, 0.2) is 60.2 Å². The third-order valence-electron chi connectivity index (χ3n) is 5.24. The highest BCUT2D eigenvalue weighted by Crippen LogP contribution is 2.35. The van der Waals surface area contributed by atoms with Crippen molar-refractivity contribution in [3.8, 4) is 5.75 Å². The molecule has 4 rings (SSSR count). The van der Waals surface area contributed by atoms with E-state index in [1.54, 1.807) is 12.1 Å². The van der Waals surface area contributed by atoms with Gasteiger partial charge >= 0.3 is 6.03 Å². The molecule has 0 unspecified atom stereocenters. The average Bonchev–Trinajstić information content (AvgIpc) is 2.83. The highest BCUT2D eigenvalue weighted by Gasteiger charge is 2.37. The van der Waals surface area contributed by atoms with Gasteiger partial charge in [-0.3, -0.25) is 19.7 Å². The Hall–Kier alpha value is -3.56. The van der Waals surface area contributed by atoms with Crippen molar-refractivity contribution in [2.75, 3.05) is 16.8 Å². The van der Waals surface area contributed by atoms with Gasteiger partial charge in [-0.15, -0.1) is 0 Å². The molecule has 0 radical (unpaired) electrons. The second-order valence-corrected chi connectivity index (χ2v) is 9.71. The van der Waals surface area contributed by atoms with Crippen molar-refractivity contribution in [2.45, 2.75) is 6.92 Å². The Morgan fingerprint density at radius 1 is 0.947 bits per heavy atom. The Morgan fingerprint density at radius 3 is 2.32 bits per heavy atom. The van der Waals surface area contributed by atoms with Gasteiger partial charge in [0.2, 0.25) is 0 Å². The first-order chi connectivity index (χ1) is 18.0. The number of benzene rings is 3. The number of nitrogens with zero attached hydrogens (tertiary/aromatic N) is 1. The van der Waals surface area contributed by atoms with Gasteiger partial charge in [-0.2, -0.15) is 0 Å². The summed E-state index contributed by atoms with van der Waals surface area (Å²) in [5.41, 5.74) is 1.63. The third kappa shape index (κ3) is 6.11. The van der Waals surface area contributed by atoms with Gasteiger partial charge in [-0.25, -0.2) is 9.69 Å². The molecule has 3 aromatic carbocycles. The quantitative estimate of drug-likeness (QED) is 0.258. The summed E-state index contributed by atoms with van der Waals surface area (Å²) >= 11 is 24.6. The van der Waals surface area contributed by atoms with Gasteiger partial charge in [0, 0.05) is 5.69 Å². The number of amides is 5. The summed E-state index contributed by atoms with van der Waals surface area (Å²) in [6, 6.07) is 13.3. The Balaban J connectivity index is 1.53. The fraction of sp³-hybridized carbons (Fsp3) is 0.0769. The van der Waals surface area contributed by atoms with E-state index < -0.39 is 23.8 Å². The van der Waals surface area contributed by atoms with Gasteiger partial charge in [0.15, 0.2) is 12.4 Å². The van der Waals surface area contributed by atoms with E-state index in [2.05, 4.69) is 10.6 Å². The minimum atomic E-state index is -0.945. The number of ether oxygens (including phenoxy) is 1. The molecule has 0 saturated carbocycles. The molecule has 2 N–H and O–H groups in total. The fourth-order valence-corrected chi connectivity index (χ4v) is 4.45. The van der Waals surface area contributed by atoms with Crippen molar-refractivity contribution >= 4 is 87.6 Å². The molecule has 0 spiro atoms. The maximum Gasteiger partial charge on any atom is 0.335 e. The van der Waals surface area contributed by atoms with Crippen LogP contribution in [0.4, 0.5) is 16.2 Å². The van der Waals surface area contributed by atoms with E-state index in [4.69, 9.17) is 51.1 Å². The van der Waals surface area contributed by atoms with Crippen LogP contribution in [-0.4, -0.2) is 30.4 Å². The maximum atomic E-state index is 13.1. The summed E-state index contributed by atoms with van der Waals surface area (Å²) in [5, 5.41) is 5.23. The van der Waals surface area contributed by atoms with E-state index in [1.165, 1.54) is 36.4 Å². The molecule has 12 heteroatoms. The molecule has 1 heterocycles. The van der Waals surface area contributed by atoms with Crippen LogP contribution in [0.2, 0.25) is 20.1 Å². The number of carbonyl (C=O) groups excluding carboxylic acids is 4. The lowest BCUT2D eigenvalue weighted by Crippen LogP contribution is -2.54. The van der Waals surface area contributed by atoms with Crippen molar-refractivity contribution in [3.05, 3.63) is 91.4 Å². The molecule has 0 bridgehead atoms. The molecule has 0 atom stereocenters. The zero-order chi connectivity index (χ0) is 27.6. The standard InChI is InChI=1S/C26H17Cl4N3O5/c1-13-3-2-4-15(7-13)31-22(34)12-38-23-20(29)9-14(10-21(23)30)8-17-24(35)32-26(37)33(25(17)36)16-5-6-18(27)19(28)11-16/h2-11H,12H2,1H3,(H,31,34)(H,32,35,37)/b17-8-. The van der Waals surface area contributed by atoms with Crippen LogP contribution >= 0.6 is 46.4 Å². The number of barbiturate groups is 1. The SMILES string of the molecule is Cc1cccc(NC(=O)COc2c(Cl)cc(/C=C3/C(=O)NC(=O)N(c4ccc(Cl)c(Cl)c4)C3=O)cc2Cl)c1. The first kappa shape index (κ1) is 27.5. The van der Waals surface area contributed by atoms with Crippen LogP contribution in [0.25, 0.3) is 6.08 Å². The number of urea groups is 1. The van der Waals surface area contributed by atoms with Crippen molar-refractivity contribution in [1.82, 2.24) is 5.32 Å². The maximum absolute atomic E-state index is 13.1. The lowest BCUT2D eigenvalue weighted by Gasteiger charge is -2.26. The number of rotatable bonds is 6. The number of hydrogen-bond acceptors (Lipinski definition) is 5. The number of nitrogens with one attached hydrogen (secondary N) is 2. The predicted octanol–water partition coefficient (Wildman–Crippen LogP) is 6.29. The van der Waals surface area contributed by atoms with Gasteiger partial charge in [0.1, 0.15) is 5.57 Å². The van der Waals surface area contributed by atoms with Gasteiger partial charge in [-0.05, 0) is 66.6 Å². The van der Waals surface area contributed by atoms with Crippen LogP contribution in [0.5, 0.6) is 5.75 Å². The summed E-state index contributed by atoms with van der Waals surface area (Å²) < 4.78 is 5.51. The summed E-state index contributed by atoms with van der Waals surface area (Å²) in [6.45, 7) is 1.53. The molecule has 3 aromatic rings. The Kier molecular flexibility index (Phi) is 8.28. The van der Waals surface area contributed by atoms with Gasteiger partial charge in [-0.1, -0.05) is 58.5 Å². The number of carbonyl (C=O) groups is 4. The highest BCUT2D eigenvalue weighted by molar-refractivity contribution is 6.43.